The van der Waals surface area contributed by atoms with Gasteiger partial charge >= 0.3 is 0 Å². The second-order valence-electron chi connectivity index (χ2n) is 4.92. The maximum absolute atomic E-state index is 11.2. The Bertz CT molecular complexity index is 593. The minimum Gasteiger partial charge on any atom is -0.384 e. The van der Waals surface area contributed by atoms with Crippen molar-refractivity contribution < 1.29 is 4.79 Å². The fraction of sp³-hybridized carbons (Fsp3) is 0.176. The molecule has 0 unspecified atom stereocenters. The van der Waals surface area contributed by atoms with Gasteiger partial charge in [-0.15, -0.1) is 0 Å². The van der Waals surface area contributed by atoms with Gasteiger partial charge in [-0.05, 0) is 17.5 Å². The molecular formula is C17H19N3O. The number of carbonyl (C=O) groups excluding carboxylic acids is 1. The molecular weight excluding hydrogens is 262 g/mol. The van der Waals surface area contributed by atoms with Crippen molar-refractivity contribution in [2.75, 3.05) is 0 Å². The minimum absolute atomic E-state index is 0.0596. The molecule has 0 saturated carbocycles. The number of nitrogen functional groups attached to an aromatic ring is 1. The lowest BCUT2D eigenvalue weighted by atomic mass is 10.1. The van der Waals surface area contributed by atoms with E-state index in [-0.39, 0.29) is 11.9 Å². The summed E-state index contributed by atoms with van der Waals surface area (Å²) in [6, 6.07) is 17.2. The molecule has 108 valence electrons. The Balaban J connectivity index is 1.91. The van der Waals surface area contributed by atoms with E-state index in [0.29, 0.717) is 18.5 Å². The first kappa shape index (κ1) is 14.9. The van der Waals surface area contributed by atoms with Gasteiger partial charge in [-0.1, -0.05) is 54.6 Å². The van der Waals surface area contributed by atoms with Crippen molar-refractivity contribution in [1.29, 1.82) is 5.41 Å². The van der Waals surface area contributed by atoms with E-state index < -0.39 is 0 Å². The van der Waals surface area contributed by atoms with Gasteiger partial charge in [0.25, 0.3) is 0 Å². The SMILES string of the molecule is N=C(N)c1ccc(CN[C@H](C=O)Cc2ccccc2)cc1. The number of hydrogen-bond acceptors (Lipinski definition) is 3. The predicted molar refractivity (Wildman–Crippen MR) is 84.3 cm³/mol. The summed E-state index contributed by atoms with van der Waals surface area (Å²) in [5.41, 5.74) is 8.31. The van der Waals surface area contributed by atoms with Crippen LogP contribution in [-0.4, -0.2) is 18.2 Å². The third kappa shape index (κ3) is 4.54. The van der Waals surface area contributed by atoms with E-state index in [1.54, 1.807) is 0 Å². The summed E-state index contributed by atoms with van der Waals surface area (Å²) in [5, 5.41) is 10.6. The van der Waals surface area contributed by atoms with Crippen molar-refractivity contribution in [2.45, 2.75) is 19.0 Å². The number of nitrogens with one attached hydrogen (secondary N) is 2. The highest BCUT2D eigenvalue weighted by Crippen LogP contribution is 2.06. The zero-order chi connectivity index (χ0) is 15.1. The highest BCUT2D eigenvalue weighted by atomic mass is 16.1. The number of amidine groups is 1. The van der Waals surface area contributed by atoms with Gasteiger partial charge in [0.05, 0.1) is 6.04 Å². The van der Waals surface area contributed by atoms with E-state index >= 15 is 0 Å². The summed E-state index contributed by atoms with van der Waals surface area (Å²) in [5.74, 6) is 0.0596. The Morgan fingerprint density at radius 3 is 2.33 bits per heavy atom. The zero-order valence-electron chi connectivity index (χ0n) is 11.8. The molecule has 4 nitrogen and oxygen atoms in total. The van der Waals surface area contributed by atoms with Crippen LogP contribution in [0.1, 0.15) is 16.7 Å². The van der Waals surface area contributed by atoms with Crippen LogP contribution in [0.5, 0.6) is 0 Å². The average Bonchev–Trinajstić information content (AvgIpc) is 2.52. The number of aldehydes is 1. The Morgan fingerprint density at radius 2 is 1.76 bits per heavy atom. The molecule has 0 radical (unpaired) electrons. The van der Waals surface area contributed by atoms with Gasteiger partial charge in [0.1, 0.15) is 12.1 Å². The molecule has 0 aliphatic carbocycles. The molecule has 0 aliphatic rings. The van der Waals surface area contributed by atoms with Crippen molar-refractivity contribution in [1.82, 2.24) is 5.32 Å². The topological polar surface area (TPSA) is 79.0 Å². The summed E-state index contributed by atoms with van der Waals surface area (Å²) in [4.78, 5) is 11.2. The molecule has 21 heavy (non-hydrogen) atoms. The molecule has 0 saturated heterocycles. The monoisotopic (exact) mass is 281 g/mol. The van der Waals surface area contributed by atoms with E-state index in [1.807, 2.05) is 54.6 Å². The van der Waals surface area contributed by atoms with Crippen LogP contribution in [0.3, 0.4) is 0 Å². The van der Waals surface area contributed by atoms with Crippen molar-refractivity contribution >= 4 is 12.1 Å². The number of rotatable bonds is 7. The van der Waals surface area contributed by atoms with Crippen LogP contribution in [0, 0.1) is 5.41 Å². The van der Waals surface area contributed by atoms with Gasteiger partial charge in [0, 0.05) is 12.1 Å². The Kier molecular flexibility index (Phi) is 5.23. The first-order valence-electron chi connectivity index (χ1n) is 6.85. The van der Waals surface area contributed by atoms with Gasteiger partial charge in [0.2, 0.25) is 0 Å². The molecule has 2 aromatic rings. The summed E-state index contributed by atoms with van der Waals surface area (Å²) >= 11 is 0. The highest BCUT2D eigenvalue weighted by Gasteiger charge is 2.07. The van der Waals surface area contributed by atoms with E-state index in [0.717, 1.165) is 17.4 Å². The fourth-order valence-corrected chi connectivity index (χ4v) is 2.09. The van der Waals surface area contributed by atoms with Crippen LogP contribution in [0.25, 0.3) is 0 Å². The zero-order valence-corrected chi connectivity index (χ0v) is 11.8. The summed E-state index contributed by atoms with van der Waals surface area (Å²) in [6.45, 7) is 0.606. The maximum atomic E-state index is 11.2. The molecule has 0 heterocycles. The van der Waals surface area contributed by atoms with E-state index in [2.05, 4.69) is 5.32 Å². The minimum atomic E-state index is -0.208. The van der Waals surface area contributed by atoms with E-state index in [9.17, 15) is 4.79 Å². The number of nitrogens with two attached hydrogens (primary N) is 1. The molecule has 2 rings (SSSR count). The maximum Gasteiger partial charge on any atom is 0.137 e. The van der Waals surface area contributed by atoms with Gasteiger partial charge in [0.15, 0.2) is 0 Å². The van der Waals surface area contributed by atoms with Crippen LogP contribution in [0.2, 0.25) is 0 Å². The van der Waals surface area contributed by atoms with Crippen LogP contribution in [-0.2, 0) is 17.8 Å². The predicted octanol–water partition coefficient (Wildman–Crippen LogP) is 1.87. The number of hydrogen-bond donors (Lipinski definition) is 3. The first-order valence-corrected chi connectivity index (χ1v) is 6.85. The fourth-order valence-electron chi connectivity index (χ4n) is 2.09. The first-order chi connectivity index (χ1) is 10.2. The van der Waals surface area contributed by atoms with E-state index in [1.165, 1.54) is 0 Å². The van der Waals surface area contributed by atoms with Crippen LogP contribution in [0.4, 0.5) is 0 Å². The van der Waals surface area contributed by atoms with Crippen molar-refractivity contribution in [3.63, 3.8) is 0 Å². The normalized spacial score (nSPS) is 11.8. The second-order valence-corrected chi connectivity index (χ2v) is 4.92. The lowest BCUT2D eigenvalue weighted by Gasteiger charge is -2.13. The number of benzene rings is 2. The van der Waals surface area contributed by atoms with Crippen LogP contribution < -0.4 is 11.1 Å². The van der Waals surface area contributed by atoms with Crippen LogP contribution in [0.15, 0.2) is 54.6 Å². The van der Waals surface area contributed by atoms with Crippen LogP contribution >= 0.6 is 0 Å². The molecule has 4 heteroatoms. The van der Waals surface area contributed by atoms with Crippen molar-refractivity contribution in [3.8, 4) is 0 Å². The lowest BCUT2D eigenvalue weighted by molar-refractivity contribution is -0.109. The smallest absolute Gasteiger partial charge is 0.137 e. The second kappa shape index (κ2) is 7.36. The molecule has 2 aromatic carbocycles. The molecule has 0 aromatic heterocycles. The van der Waals surface area contributed by atoms with Gasteiger partial charge in [-0.3, -0.25) is 5.41 Å². The molecule has 0 spiro atoms. The summed E-state index contributed by atoms with van der Waals surface area (Å²) in [6.07, 6.45) is 1.62. The summed E-state index contributed by atoms with van der Waals surface area (Å²) < 4.78 is 0. The Hall–Kier alpha value is -2.46. The Labute approximate surface area is 124 Å². The Morgan fingerprint density at radius 1 is 1.10 bits per heavy atom. The standard InChI is InChI=1S/C17H19N3O/c18-17(19)15-8-6-14(7-9-15)11-20-16(12-21)10-13-4-2-1-3-5-13/h1-9,12,16,20H,10-11H2,(H3,18,19)/t16-/m0/s1. The van der Waals surface area contributed by atoms with Gasteiger partial charge in [-0.2, -0.15) is 0 Å². The van der Waals surface area contributed by atoms with Gasteiger partial charge < -0.3 is 15.8 Å². The van der Waals surface area contributed by atoms with E-state index in [4.69, 9.17) is 11.1 Å². The van der Waals surface area contributed by atoms with Crippen molar-refractivity contribution in [2.24, 2.45) is 5.73 Å². The number of carbonyl (C=O) groups is 1. The molecule has 0 bridgehead atoms. The molecule has 0 amide bonds. The van der Waals surface area contributed by atoms with Gasteiger partial charge in [-0.25, -0.2) is 0 Å². The largest absolute Gasteiger partial charge is 0.384 e. The molecule has 0 aliphatic heterocycles. The average molecular weight is 281 g/mol. The lowest BCUT2D eigenvalue weighted by Crippen LogP contribution is -2.32. The molecule has 4 N–H and O–H groups in total. The summed E-state index contributed by atoms with van der Waals surface area (Å²) in [7, 11) is 0. The quantitative estimate of drug-likeness (QED) is 0.412. The molecule has 1 atom stereocenters. The molecule has 0 fully saturated rings. The highest BCUT2D eigenvalue weighted by molar-refractivity contribution is 5.94. The third-order valence-electron chi connectivity index (χ3n) is 3.30. The van der Waals surface area contributed by atoms with Crippen molar-refractivity contribution in [3.05, 3.63) is 71.3 Å². The third-order valence-corrected chi connectivity index (χ3v) is 3.30.